The van der Waals surface area contributed by atoms with E-state index in [2.05, 4.69) is 45.4 Å². The van der Waals surface area contributed by atoms with Crippen LogP contribution in [0.3, 0.4) is 0 Å². The second-order valence-electron chi connectivity index (χ2n) is 4.21. The van der Waals surface area contributed by atoms with E-state index >= 15 is 0 Å². The van der Waals surface area contributed by atoms with Crippen molar-refractivity contribution in [2.24, 2.45) is 5.73 Å². The molecule has 0 bridgehead atoms. The predicted octanol–water partition coefficient (Wildman–Crippen LogP) is 2.72. The molecule has 0 aliphatic carbocycles. The molecule has 0 atom stereocenters. The molecule has 86 valence electrons. The number of hydrogen-bond donors (Lipinski definition) is 1. The molecular formula is C12H16BrN3. The smallest absolute Gasteiger partial charge is 0.137 e. The monoisotopic (exact) mass is 281 g/mol. The molecule has 2 heterocycles. The lowest BCUT2D eigenvalue weighted by Crippen LogP contribution is -2.07. The van der Waals surface area contributed by atoms with Gasteiger partial charge in [-0.15, -0.1) is 0 Å². The van der Waals surface area contributed by atoms with Gasteiger partial charge in [-0.1, -0.05) is 13.8 Å². The van der Waals surface area contributed by atoms with Crippen LogP contribution in [-0.2, 0) is 6.42 Å². The summed E-state index contributed by atoms with van der Waals surface area (Å²) in [5.74, 6) is 0.431. The van der Waals surface area contributed by atoms with E-state index in [0.29, 0.717) is 12.5 Å². The van der Waals surface area contributed by atoms with Crippen LogP contribution in [0.4, 0.5) is 0 Å². The van der Waals surface area contributed by atoms with Crippen molar-refractivity contribution in [2.75, 3.05) is 6.54 Å². The van der Waals surface area contributed by atoms with Crippen LogP contribution in [-0.4, -0.2) is 15.9 Å². The molecule has 2 N–H and O–H groups in total. The maximum Gasteiger partial charge on any atom is 0.137 e. The first-order chi connectivity index (χ1) is 7.63. The molecule has 0 aliphatic heterocycles. The zero-order valence-electron chi connectivity index (χ0n) is 9.57. The Balaban J connectivity index is 2.67. The third-order valence-corrected chi connectivity index (χ3v) is 3.11. The Kier molecular flexibility index (Phi) is 3.30. The largest absolute Gasteiger partial charge is 0.330 e. The van der Waals surface area contributed by atoms with E-state index in [-0.39, 0.29) is 0 Å². The lowest BCUT2D eigenvalue weighted by Gasteiger charge is -2.05. The fraction of sp³-hybridized carbons (Fsp3) is 0.417. The van der Waals surface area contributed by atoms with E-state index in [0.717, 1.165) is 22.2 Å². The molecule has 3 nitrogen and oxygen atoms in total. The number of hydrogen-bond acceptors (Lipinski definition) is 2. The summed E-state index contributed by atoms with van der Waals surface area (Å²) in [7, 11) is 0. The molecule has 0 radical (unpaired) electrons. The predicted molar refractivity (Wildman–Crippen MR) is 69.7 cm³/mol. The van der Waals surface area contributed by atoms with E-state index in [9.17, 15) is 0 Å². The van der Waals surface area contributed by atoms with Gasteiger partial charge in [-0.25, -0.2) is 4.98 Å². The quantitative estimate of drug-likeness (QED) is 0.940. The highest BCUT2D eigenvalue weighted by molar-refractivity contribution is 9.10. The van der Waals surface area contributed by atoms with Crippen LogP contribution in [0.5, 0.6) is 0 Å². The van der Waals surface area contributed by atoms with Gasteiger partial charge < -0.3 is 10.1 Å². The minimum atomic E-state index is 0.431. The third-order valence-electron chi connectivity index (χ3n) is 2.64. The van der Waals surface area contributed by atoms with Crippen molar-refractivity contribution >= 4 is 21.6 Å². The van der Waals surface area contributed by atoms with Gasteiger partial charge in [0.2, 0.25) is 0 Å². The Labute approximate surface area is 104 Å². The molecule has 0 fully saturated rings. The van der Waals surface area contributed by atoms with Crippen molar-refractivity contribution < 1.29 is 0 Å². The SMILES string of the molecule is CC(C)c1nc2ccc(Br)cn2c1CCN. The average Bonchev–Trinajstić information content (AvgIpc) is 2.58. The normalized spacial score (nSPS) is 11.6. The highest BCUT2D eigenvalue weighted by Crippen LogP contribution is 2.22. The van der Waals surface area contributed by atoms with Crippen molar-refractivity contribution in [3.8, 4) is 0 Å². The van der Waals surface area contributed by atoms with Crippen LogP contribution in [0.15, 0.2) is 22.8 Å². The summed E-state index contributed by atoms with van der Waals surface area (Å²) in [4.78, 5) is 4.66. The van der Waals surface area contributed by atoms with Crippen molar-refractivity contribution in [2.45, 2.75) is 26.2 Å². The summed E-state index contributed by atoms with van der Waals surface area (Å²) in [5.41, 5.74) is 9.05. The molecule has 0 spiro atoms. The van der Waals surface area contributed by atoms with Gasteiger partial charge in [0.1, 0.15) is 5.65 Å². The second-order valence-corrected chi connectivity index (χ2v) is 5.13. The fourth-order valence-electron chi connectivity index (χ4n) is 1.93. The zero-order chi connectivity index (χ0) is 11.7. The fourth-order valence-corrected chi connectivity index (χ4v) is 2.27. The second kappa shape index (κ2) is 4.55. The Hall–Kier alpha value is -0.870. The first kappa shape index (κ1) is 11.6. The Morgan fingerprint density at radius 2 is 2.19 bits per heavy atom. The summed E-state index contributed by atoms with van der Waals surface area (Å²) in [6.45, 7) is 4.98. The topological polar surface area (TPSA) is 43.3 Å². The number of fused-ring (bicyclic) bond motifs is 1. The van der Waals surface area contributed by atoms with Gasteiger partial charge in [-0.2, -0.15) is 0 Å². The molecule has 0 saturated carbocycles. The van der Waals surface area contributed by atoms with Gasteiger partial charge in [-0.3, -0.25) is 0 Å². The molecule has 0 unspecified atom stereocenters. The number of nitrogens with two attached hydrogens (primary N) is 1. The van der Waals surface area contributed by atoms with Crippen molar-refractivity contribution in [3.63, 3.8) is 0 Å². The number of aromatic nitrogens is 2. The summed E-state index contributed by atoms with van der Waals surface area (Å²) in [5, 5.41) is 0. The zero-order valence-corrected chi connectivity index (χ0v) is 11.2. The molecular weight excluding hydrogens is 266 g/mol. The van der Waals surface area contributed by atoms with Crippen molar-refractivity contribution in [3.05, 3.63) is 34.2 Å². The molecule has 16 heavy (non-hydrogen) atoms. The molecule has 0 aliphatic rings. The molecule has 2 aromatic heterocycles. The van der Waals surface area contributed by atoms with Crippen LogP contribution >= 0.6 is 15.9 Å². The van der Waals surface area contributed by atoms with E-state index in [1.54, 1.807) is 0 Å². The molecule has 0 amide bonds. The van der Waals surface area contributed by atoms with Crippen LogP contribution in [0, 0.1) is 0 Å². The number of nitrogens with zero attached hydrogens (tertiary/aromatic N) is 2. The highest BCUT2D eigenvalue weighted by Gasteiger charge is 2.14. The van der Waals surface area contributed by atoms with Crippen LogP contribution in [0.1, 0.15) is 31.2 Å². The summed E-state index contributed by atoms with van der Waals surface area (Å²) >= 11 is 3.48. The van der Waals surface area contributed by atoms with E-state index in [1.165, 1.54) is 5.69 Å². The van der Waals surface area contributed by atoms with E-state index in [4.69, 9.17) is 5.73 Å². The van der Waals surface area contributed by atoms with Crippen molar-refractivity contribution in [1.29, 1.82) is 0 Å². The maximum absolute atomic E-state index is 5.67. The number of halogens is 1. The lowest BCUT2D eigenvalue weighted by atomic mass is 10.1. The first-order valence-corrected chi connectivity index (χ1v) is 6.29. The standard InChI is InChI=1S/C12H16BrN3/c1-8(2)12-10(5-6-14)16-7-9(13)3-4-11(16)15-12/h3-4,7-8H,5-6,14H2,1-2H3. The van der Waals surface area contributed by atoms with E-state index in [1.807, 2.05) is 12.1 Å². The van der Waals surface area contributed by atoms with Gasteiger partial charge >= 0.3 is 0 Å². The summed E-state index contributed by atoms with van der Waals surface area (Å²) < 4.78 is 3.19. The van der Waals surface area contributed by atoms with Gasteiger partial charge in [0.15, 0.2) is 0 Å². The van der Waals surface area contributed by atoms with Crippen LogP contribution < -0.4 is 5.73 Å². The van der Waals surface area contributed by atoms with Gasteiger partial charge in [0.25, 0.3) is 0 Å². The Morgan fingerprint density at radius 3 is 2.81 bits per heavy atom. The number of imidazole rings is 1. The van der Waals surface area contributed by atoms with Crippen molar-refractivity contribution in [1.82, 2.24) is 9.38 Å². The molecule has 2 rings (SSSR count). The molecule has 0 saturated heterocycles. The molecule has 2 aromatic rings. The first-order valence-electron chi connectivity index (χ1n) is 5.50. The Morgan fingerprint density at radius 1 is 1.44 bits per heavy atom. The highest BCUT2D eigenvalue weighted by atomic mass is 79.9. The summed E-state index contributed by atoms with van der Waals surface area (Å²) in [6.07, 6.45) is 2.92. The lowest BCUT2D eigenvalue weighted by molar-refractivity contribution is 0.791. The maximum atomic E-state index is 5.67. The molecule has 4 heteroatoms. The number of pyridine rings is 1. The van der Waals surface area contributed by atoms with Gasteiger partial charge in [0.05, 0.1) is 5.69 Å². The number of rotatable bonds is 3. The Bertz CT molecular complexity index is 502. The van der Waals surface area contributed by atoms with Crippen LogP contribution in [0.25, 0.3) is 5.65 Å². The van der Waals surface area contributed by atoms with Gasteiger partial charge in [-0.05, 0) is 40.5 Å². The third kappa shape index (κ3) is 1.99. The minimum Gasteiger partial charge on any atom is -0.330 e. The summed E-state index contributed by atoms with van der Waals surface area (Å²) in [6, 6.07) is 4.04. The van der Waals surface area contributed by atoms with E-state index < -0.39 is 0 Å². The minimum absolute atomic E-state index is 0.431. The van der Waals surface area contributed by atoms with Gasteiger partial charge in [0, 0.05) is 22.8 Å². The average molecular weight is 282 g/mol. The molecule has 0 aromatic carbocycles. The van der Waals surface area contributed by atoms with Crippen LogP contribution in [0.2, 0.25) is 0 Å².